The fraction of sp³-hybridized carbons (Fsp3) is 0.588. The van der Waals surface area contributed by atoms with Gasteiger partial charge in [-0.15, -0.1) is 0 Å². The lowest BCUT2D eigenvalue weighted by atomic mass is 9.98. The predicted molar refractivity (Wildman–Crippen MR) is 79.4 cm³/mol. The van der Waals surface area contributed by atoms with Crippen LogP contribution in [0.15, 0.2) is 24.3 Å². The van der Waals surface area contributed by atoms with E-state index in [0.717, 1.165) is 11.3 Å². The maximum absolute atomic E-state index is 12.9. The smallest absolute Gasteiger partial charge is 0.231 e. The first kappa shape index (κ1) is 13.6. The molecule has 1 unspecified atom stereocenters. The van der Waals surface area contributed by atoms with Crippen LogP contribution >= 0.6 is 0 Å². The van der Waals surface area contributed by atoms with Gasteiger partial charge in [-0.3, -0.25) is 4.79 Å². The molecule has 1 aromatic rings. The van der Waals surface area contributed by atoms with Crippen LogP contribution in [-0.2, 0) is 4.79 Å². The maximum Gasteiger partial charge on any atom is 0.231 e. The number of aliphatic hydroxyl groups is 1. The lowest BCUT2D eigenvalue weighted by Gasteiger charge is -2.32. The summed E-state index contributed by atoms with van der Waals surface area (Å²) < 4.78 is 0. The van der Waals surface area contributed by atoms with E-state index in [9.17, 15) is 9.90 Å². The Labute approximate surface area is 120 Å². The molecule has 1 N–H and O–H groups in total. The SMILES string of the molecule is CC1(C)C(C(=O)N2CCC(O)c3ccccc32)C1(C)C. The summed E-state index contributed by atoms with van der Waals surface area (Å²) >= 11 is 0. The van der Waals surface area contributed by atoms with E-state index in [4.69, 9.17) is 0 Å². The standard InChI is InChI=1S/C17H23NO2/c1-16(2)14(17(16,3)4)15(20)18-10-9-13(19)11-7-5-6-8-12(11)18/h5-8,13-14,19H,9-10H2,1-4H3. The first-order valence-electron chi connectivity index (χ1n) is 7.37. The van der Waals surface area contributed by atoms with Crippen LogP contribution in [0.3, 0.4) is 0 Å². The average Bonchev–Trinajstić information content (AvgIpc) is 2.80. The van der Waals surface area contributed by atoms with Crippen molar-refractivity contribution in [1.29, 1.82) is 0 Å². The minimum absolute atomic E-state index is 0.0507. The number of anilines is 1. The topological polar surface area (TPSA) is 40.5 Å². The summed E-state index contributed by atoms with van der Waals surface area (Å²) in [6, 6.07) is 7.71. The number of aliphatic hydroxyl groups excluding tert-OH is 1. The number of para-hydroxylation sites is 1. The quantitative estimate of drug-likeness (QED) is 0.854. The number of benzene rings is 1. The van der Waals surface area contributed by atoms with Crippen LogP contribution in [0.1, 0.15) is 45.8 Å². The number of nitrogens with zero attached hydrogens (tertiary/aromatic N) is 1. The second-order valence-corrected chi connectivity index (χ2v) is 7.23. The average molecular weight is 273 g/mol. The molecule has 0 bridgehead atoms. The highest BCUT2D eigenvalue weighted by atomic mass is 16.3. The van der Waals surface area contributed by atoms with Crippen molar-refractivity contribution in [1.82, 2.24) is 0 Å². The minimum atomic E-state index is -0.449. The molecular formula is C17H23NO2. The number of hydrogen-bond acceptors (Lipinski definition) is 2. The number of fused-ring (bicyclic) bond motifs is 1. The van der Waals surface area contributed by atoms with Crippen LogP contribution in [-0.4, -0.2) is 17.6 Å². The molecule has 1 atom stereocenters. The third-order valence-corrected chi connectivity index (χ3v) is 5.75. The van der Waals surface area contributed by atoms with E-state index in [1.54, 1.807) is 0 Å². The largest absolute Gasteiger partial charge is 0.388 e. The van der Waals surface area contributed by atoms with Crippen LogP contribution < -0.4 is 4.90 Å². The Hall–Kier alpha value is -1.35. The van der Waals surface area contributed by atoms with Gasteiger partial charge in [0.1, 0.15) is 0 Å². The van der Waals surface area contributed by atoms with Crippen molar-refractivity contribution < 1.29 is 9.90 Å². The first-order chi connectivity index (χ1) is 9.28. The zero-order chi connectivity index (χ0) is 14.7. The number of hydrogen-bond donors (Lipinski definition) is 1. The van der Waals surface area contributed by atoms with E-state index < -0.39 is 6.10 Å². The fourth-order valence-corrected chi connectivity index (χ4v) is 3.74. The summed E-state index contributed by atoms with van der Waals surface area (Å²) in [4.78, 5) is 14.8. The van der Waals surface area contributed by atoms with Gasteiger partial charge in [0.25, 0.3) is 0 Å². The molecule has 1 aromatic carbocycles. The second kappa shape index (κ2) is 4.08. The first-order valence-corrected chi connectivity index (χ1v) is 7.37. The second-order valence-electron chi connectivity index (χ2n) is 7.23. The van der Waals surface area contributed by atoms with Crippen LogP contribution in [0.5, 0.6) is 0 Å². The molecule has 1 saturated carbocycles. The van der Waals surface area contributed by atoms with Crippen molar-refractivity contribution >= 4 is 11.6 Å². The number of rotatable bonds is 1. The van der Waals surface area contributed by atoms with Gasteiger partial charge in [0, 0.05) is 23.7 Å². The number of carbonyl (C=O) groups excluding carboxylic acids is 1. The highest BCUT2D eigenvalue weighted by Gasteiger charge is 2.69. The van der Waals surface area contributed by atoms with Crippen LogP contribution in [0.2, 0.25) is 0 Å². The van der Waals surface area contributed by atoms with Crippen molar-refractivity contribution in [2.24, 2.45) is 16.7 Å². The van der Waals surface area contributed by atoms with E-state index in [-0.39, 0.29) is 22.7 Å². The van der Waals surface area contributed by atoms with Gasteiger partial charge in [-0.1, -0.05) is 45.9 Å². The highest BCUT2D eigenvalue weighted by Crippen LogP contribution is 2.69. The summed E-state index contributed by atoms with van der Waals surface area (Å²) in [5.41, 5.74) is 1.86. The predicted octanol–water partition coefficient (Wildman–Crippen LogP) is 3.14. The Balaban J connectivity index is 1.94. The zero-order valence-electron chi connectivity index (χ0n) is 12.7. The molecule has 2 aliphatic rings. The van der Waals surface area contributed by atoms with Gasteiger partial charge in [0.15, 0.2) is 0 Å². The summed E-state index contributed by atoms with van der Waals surface area (Å²) in [5.74, 6) is 0.276. The molecule has 1 fully saturated rings. The molecule has 1 amide bonds. The Morgan fingerprint density at radius 1 is 1.20 bits per heavy atom. The third-order valence-electron chi connectivity index (χ3n) is 5.75. The van der Waals surface area contributed by atoms with Crippen molar-refractivity contribution in [3.63, 3.8) is 0 Å². The molecule has 20 heavy (non-hydrogen) atoms. The Morgan fingerprint density at radius 3 is 2.40 bits per heavy atom. The summed E-state index contributed by atoms with van der Waals surface area (Å²) in [6.45, 7) is 9.28. The Morgan fingerprint density at radius 2 is 1.80 bits per heavy atom. The minimum Gasteiger partial charge on any atom is -0.388 e. The van der Waals surface area contributed by atoms with Gasteiger partial charge < -0.3 is 10.0 Å². The molecule has 1 aliphatic carbocycles. The maximum atomic E-state index is 12.9. The molecule has 0 spiro atoms. The number of carbonyl (C=O) groups is 1. The van der Waals surface area contributed by atoms with E-state index in [1.165, 1.54) is 0 Å². The molecular weight excluding hydrogens is 250 g/mol. The molecule has 3 heteroatoms. The van der Waals surface area contributed by atoms with Crippen molar-refractivity contribution in [3.05, 3.63) is 29.8 Å². The molecule has 1 heterocycles. The van der Waals surface area contributed by atoms with Crippen LogP contribution in [0.25, 0.3) is 0 Å². The highest BCUT2D eigenvalue weighted by molar-refractivity contribution is 5.99. The van der Waals surface area contributed by atoms with Crippen LogP contribution in [0, 0.1) is 16.7 Å². The van der Waals surface area contributed by atoms with Gasteiger partial charge in [-0.2, -0.15) is 0 Å². The third kappa shape index (κ3) is 1.65. The Kier molecular flexibility index (Phi) is 2.78. The van der Waals surface area contributed by atoms with Crippen LogP contribution in [0.4, 0.5) is 5.69 Å². The molecule has 0 radical (unpaired) electrons. The normalized spacial score (nSPS) is 27.1. The molecule has 3 rings (SSSR count). The molecule has 108 valence electrons. The zero-order valence-corrected chi connectivity index (χ0v) is 12.7. The van der Waals surface area contributed by atoms with Gasteiger partial charge in [-0.05, 0) is 23.3 Å². The number of amides is 1. The van der Waals surface area contributed by atoms with Gasteiger partial charge in [0.2, 0.25) is 5.91 Å². The fourth-order valence-electron chi connectivity index (χ4n) is 3.74. The van der Waals surface area contributed by atoms with Crippen molar-refractivity contribution in [3.8, 4) is 0 Å². The summed E-state index contributed by atoms with van der Waals surface area (Å²) in [5, 5.41) is 10.1. The lowest BCUT2D eigenvalue weighted by molar-refractivity contribution is -0.121. The van der Waals surface area contributed by atoms with E-state index in [2.05, 4.69) is 27.7 Å². The summed E-state index contributed by atoms with van der Waals surface area (Å²) in [7, 11) is 0. The van der Waals surface area contributed by atoms with Gasteiger partial charge >= 0.3 is 0 Å². The Bertz CT molecular complexity index is 548. The van der Waals surface area contributed by atoms with E-state index in [0.29, 0.717) is 13.0 Å². The molecule has 1 aliphatic heterocycles. The van der Waals surface area contributed by atoms with E-state index in [1.807, 2.05) is 29.2 Å². The molecule has 0 aromatic heterocycles. The monoisotopic (exact) mass is 273 g/mol. The van der Waals surface area contributed by atoms with Crippen molar-refractivity contribution in [2.45, 2.75) is 40.2 Å². The summed E-state index contributed by atoms with van der Waals surface area (Å²) in [6.07, 6.45) is 0.173. The molecule has 3 nitrogen and oxygen atoms in total. The van der Waals surface area contributed by atoms with Gasteiger partial charge in [0.05, 0.1) is 6.10 Å². The van der Waals surface area contributed by atoms with Gasteiger partial charge in [-0.25, -0.2) is 0 Å². The molecule has 0 saturated heterocycles. The van der Waals surface area contributed by atoms with Crippen molar-refractivity contribution in [2.75, 3.05) is 11.4 Å². The van der Waals surface area contributed by atoms with E-state index >= 15 is 0 Å². The lowest BCUT2D eigenvalue weighted by Crippen LogP contribution is -2.38.